The van der Waals surface area contributed by atoms with Crippen molar-refractivity contribution < 1.29 is 14.4 Å². The second kappa shape index (κ2) is 6.00. The summed E-state index contributed by atoms with van der Waals surface area (Å²) in [6, 6.07) is 1.57. The summed E-state index contributed by atoms with van der Waals surface area (Å²) in [6.07, 6.45) is 1.58. The second-order valence-corrected chi connectivity index (χ2v) is 5.43. The van der Waals surface area contributed by atoms with Gasteiger partial charge in [0.05, 0.1) is 5.60 Å². The summed E-state index contributed by atoms with van der Waals surface area (Å²) in [6.45, 7) is 7.87. The number of amides is 1. The van der Waals surface area contributed by atoms with Crippen LogP contribution in [0.2, 0.25) is 0 Å². The van der Waals surface area contributed by atoms with Gasteiger partial charge in [0.2, 0.25) is 0 Å². The quantitative estimate of drug-likeness (QED) is 0.813. The minimum Gasteiger partial charge on any atom is -0.388 e. The lowest BCUT2D eigenvalue weighted by Crippen LogP contribution is -2.40. The standard InChI is InChI=1S/C13H22N2O3/c1-9(2)5-6-13(4,17)8-14-12(16)11-7-10(3)18-15-11/h7,9,17H,5-6,8H2,1-4H3,(H,14,16). The van der Waals surface area contributed by atoms with Crippen LogP contribution in [0.1, 0.15) is 49.9 Å². The molecule has 0 bridgehead atoms. The molecule has 1 heterocycles. The summed E-state index contributed by atoms with van der Waals surface area (Å²) in [5.41, 5.74) is -0.647. The average Bonchev–Trinajstić information content (AvgIpc) is 2.70. The molecule has 1 rings (SSSR count). The summed E-state index contributed by atoms with van der Waals surface area (Å²) in [4.78, 5) is 11.7. The Morgan fingerprint density at radius 2 is 2.28 bits per heavy atom. The van der Waals surface area contributed by atoms with Gasteiger partial charge in [-0.3, -0.25) is 4.79 Å². The molecule has 0 spiro atoms. The topological polar surface area (TPSA) is 75.4 Å². The minimum absolute atomic E-state index is 0.213. The number of carbonyl (C=O) groups is 1. The largest absolute Gasteiger partial charge is 0.388 e. The van der Waals surface area contributed by atoms with Gasteiger partial charge < -0.3 is 14.9 Å². The van der Waals surface area contributed by atoms with E-state index in [1.165, 1.54) is 0 Å². The Morgan fingerprint density at radius 1 is 1.61 bits per heavy atom. The van der Waals surface area contributed by atoms with Crippen molar-refractivity contribution in [2.24, 2.45) is 5.92 Å². The van der Waals surface area contributed by atoms with Crippen molar-refractivity contribution >= 4 is 5.91 Å². The molecule has 0 aliphatic carbocycles. The summed E-state index contributed by atoms with van der Waals surface area (Å²) >= 11 is 0. The molecule has 0 aromatic carbocycles. The molecule has 5 heteroatoms. The highest BCUT2D eigenvalue weighted by atomic mass is 16.5. The molecule has 0 saturated heterocycles. The maximum Gasteiger partial charge on any atom is 0.273 e. The molecule has 1 aromatic heterocycles. The zero-order valence-electron chi connectivity index (χ0n) is 11.5. The van der Waals surface area contributed by atoms with Crippen LogP contribution in [-0.2, 0) is 0 Å². The third kappa shape index (κ3) is 4.87. The van der Waals surface area contributed by atoms with Crippen molar-refractivity contribution in [3.63, 3.8) is 0 Å². The van der Waals surface area contributed by atoms with E-state index in [0.717, 1.165) is 6.42 Å². The Balaban J connectivity index is 2.42. The summed E-state index contributed by atoms with van der Waals surface area (Å²) in [5.74, 6) is 0.800. The number of rotatable bonds is 6. The molecule has 0 fully saturated rings. The average molecular weight is 254 g/mol. The first-order valence-corrected chi connectivity index (χ1v) is 6.24. The fourth-order valence-corrected chi connectivity index (χ4v) is 1.52. The van der Waals surface area contributed by atoms with Crippen LogP contribution in [0.3, 0.4) is 0 Å². The molecule has 5 nitrogen and oxygen atoms in total. The van der Waals surface area contributed by atoms with Crippen LogP contribution >= 0.6 is 0 Å². The molecule has 102 valence electrons. The molecule has 0 aliphatic heterocycles. The minimum atomic E-state index is -0.890. The third-order valence-electron chi connectivity index (χ3n) is 2.75. The first-order chi connectivity index (χ1) is 8.30. The third-order valence-corrected chi connectivity index (χ3v) is 2.75. The predicted molar refractivity (Wildman–Crippen MR) is 68.3 cm³/mol. The van der Waals surface area contributed by atoms with Crippen LogP contribution < -0.4 is 5.32 Å². The van der Waals surface area contributed by atoms with Gasteiger partial charge in [0.25, 0.3) is 5.91 Å². The second-order valence-electron chi connectivity index (χ2n) is 5.43. The van der Waals surface area contributed by atoms with Gasteiger partial charge in [-0.25, -0.2) is 0 Å². The molecule has 2 N–H and O–H groups in total. The molecule has 1 atom stereocenters. The lowest BCUT2D eigenvalue weighted by Gasteiger charge is -2.24. The molecule has 0 radical (unpaired) electrons. The van der Waals surface area contributed by atoms with Crippen molar-refractivity contribution in [3.8, 4) is 0 Å². The van der Waals surface area contributed by atoms with Gasteiger partial charge in [0, 0.05) is 12.6 Å². The van der Waals surface area contributed by atoms with Crippen LogP contribution in [0.5, 0.6) is 0 Å². The van der Waals surface area contributed by atoms with E-state index < -0.39 is 5.60 Å². The molecule has 1 aromatic rings. The number of aliphatic hydroxyl groups is 1. The molecule has 18 heavy (non-hydrogen) atoms. The number of nitrogens with zero attached hydrogens (tertiary/aromatic N) is 1. The number of hydrogen-bond acceptors (Lipinski definition) is 4. The van der Waals surface area contributed by atoms with Crippen LogP contribution in [0.4, 0.5) is 0 Å². The van der Waals surface area contributed by atoms with Gasteiger partial charge >= 0.3 is 0 Å². The highest BCUT2D eigenvalue weighted by Crippen LogP contribution is 2.15. The number of carbonyl (C=O) groups excluding carboxylic acids is 1. The number of aromatic nitrogens is 1. The van der Waals surface area contributed by atoms with Gasteiger partial charge in [0.1, 0.15) is 5.76 Å². The molecule has 0 aliphatic rings. The SMILES string of the molecule is Cc1cc(C(=O)NCC(C)(O)CCC(C)C)no1. The fraction of sp³-hybridized carbons (Fsp3) is 0.692. The summed E-state index contributed by atoms with van der Waals surface area (Å²) < 4.78 is 4.82. The maximum atomic E-state index is 11.7. The monoisotopic (exact) mass is 254 g/mol. The number of aryl methyl sites for hydroxylation is 1. The van der Waals surface area contributed by atoms with Gasteiger partial charge in [0.15, 0.2) is 5.69 Å². The van der Waals surface area contributed by atoms with E-state index in [1.54, 1.807) is 19.9 Å². The van der Waals surface area contributed by atoms with E-state index >= 15 is 0 Å². The molecule has 1 amide bonds. The first kappa shape index (κ1) is 14.7. The van der Waals surface area contributed by atoms with Crippen molar-refractivity contribution in [1.29, 1.82) is 0 Å². The van der Waals surface area contributed by atoms with Crippen LogP contribution in [0, 0.1) is 12.8 Å². The van der Waals surface area contributed by atoms with Crippen molar-refractivity contribution in [2.45, 2.75) is 46.1 Å². The normalized spacial score (nSPS) is 14.6. The van der Waals surface area contributed by atoms with E-state index in [2.05, 4.69) is 24.3 Å². The Bertz CT molecular complexity index is 397. The molecule has 0 saturated carbocycles. The number of hydrogen-bond donors (Lipinski definition) is 2. The fourth-order valence-electron chi connectivity index (χ4n) is 1.52. The van der Waals surface area contributed by atoms with E-state index in [1.807, 2.05) is 0 Å². The highest BCUT2D eigenvalue weighted by molar-refractivity contribution is 5.92. The first-order valence-electron chi connectivity index (χ1n) is 6.24. The Morgan fingerprint density at radius 3 is 2.78 bits per heavy atom. The van der Waals surface area contributed by atoms with Gasteiger partial charge in [-0.15, -0.1) is 0 Å². The van der Waals surface area contributed by atoms with E-state index in [9.17, 15) is 9.90 Å². The van der Waals surface area contributed by atoms with Crippen LogP contribution in [0.15, 0.2) is 10.6 Å². The summed E-state index contributed by atoms with van der Waals surface area (Å²) in [5, 5.41) is 16.4. The Kier molecular flexibility index (Phi) is 4.90. The van der Waals surface area contributed by atoms with Crippen molar-refractivity contribution in [2.75, 3.05) is 6.54 Å². The van der Waals surface area contributed by atoms with Crippen LogP contribution in [-0.4, -0.2) is 28.3 Å². The van der Waals surface area contributed by atoms with Gasteiger partial charge in [-0.05, 0) is 32.6 Å². The highest BCUT2D eigenvalue weighted by Gasteiger charge is 2.22. The maximum absolute atomic E-state index is 11.7. The number of nitrogens with one attached hydrogen (secondary N) is 1. The van der Waals surface area contributed by atoms with E-state index in [4.69, 9.17) is 4.52 Å². The summed E-state index contributed by atoms with van der Waals surface area (Å²) in [7, 11) is 0. The molecule has 1 unspecified atom stereocenters. The zero-order chi connectivity index (χ0) is 13.8. The smallest absolute Gasteiger partial charge is 0.273 e. The zero-order valence-corrected chi connectivity index (χ0v) is 11.5. The lowest BCUT2D eigenvalue weighted by molar-refractivity contribution is 0.0427. The van der Waals surface area contributed by atoms with Gasteiger partial charge in [-0.2, -0.15) is 0 Å². The lowest BCUT2D eigenvalue weighted by atomic mass is 9.95. The van der Waals surface area contributed by atoms with E-state index in [0.29, 0.717) is 18.1 Å². The van der Waals surface area contributed by atoms with E-state index in [-0.39, 0.29) is 18.1 Å². The molecular formula is C13H22N2O3. The Hall–Kier alpha value is -1.36. The predicted octanol–water partition coefficient (Wildman–Crippen LogP) is 1.90. The van der Waals surface area contributed by atoms with Gasteiger partial charge in [-0.1, -0.05) is 19.0 Å². The Labute approximate surface area is 108 Å². The van der Waals surface area contributed by atoms with Crippen molar-refractivity contribution in [3.05, 3.63) is 17.5 Å². The molecular weight excluding hydrogens is 232 g/mol. The van der Waals surface area contributed by atoms with Crippen molar-refractivity contribution in [1.82, 2.24) is 10.5 Å². The van der Waals surface area contributed by atoms with Crippen LogP contribution in [0.25, 0.3) is 0 Å².